The molecule has 4 nitrogen and oxygen atoms in total. The van der Waals surface area contributed by atoms with Crippen molar-refractivity contribution in [3.63, 3.8) is 0 Å². The van der Waals surface area contributed by atoms with Gasteiger partial charge < -0.3 is 10.8 Å². The van der Waals surface area contributed by atoms with Gasteiger partial charge in [0.2, 0.25) is 5.95 Å². The SMILES string of the molecule is Cc1cnc(N)nc1SC(C)CCO. The molecule has 1 heterocycles. The number of hydrogen-bond donors (Lipinski definition) is 2. The molecule has 0 aliphatic carbocycles. The lowest BCUT2D eigenvalue weighted by Crippen LogP contribution is -2.03. The van der Waals surface area contributed by atoms with Crippen molar-refractivity contribution in [2.75, 3.05) is 12.3 Å². The van der Waals surface area contributed by atoms with E-state index in [0.717, 1.165) is 17.0 Å². The zero-order valence-electron chi connectivity index (χ0n) is 8.40. The van der Waals surface area contributed by atoms with E-state index in [4.69, 9.17) is 10.8 Å². The molecule has 0 aromatic carbocycles. The maximum Gasteiger partial charge on any atom is 0.221 e. The molecule has 0 radical (unpaired) electrons. The maximum atomic E-state index is 8.77. The minimum absolute atomic E-state index is 0.202. The number of rotatable bonds is 4. The Balaban J connectivity index is 2.70. The zero-order valence-corrected chi connectivity index (χ0v) is 9.21. The normalized spacial score (nSPS) is 12.8. The summed E-state index contributed by atoms with van der Waals surface area (Å²) in [5.41, 5.74) is 6.51. The van der Waals surface area contributed by atoms with E-state index in [2.05, 4.69) is 16.9 Å². The number of anilines is 1. The molecule has 1 atom stereocenters. The van der Waals surface area contributed by atoms with Gasteiger partial charge in [-0.15, -0.1) is 11.8 Å². The lowest BCUT2D eigenvalue weighted by atomic mass is 10.3. The number of aliphatic hydroxyl groups excluding tert-OH is 1. The highest BCUT2D eigenvalue weighted by atomic mass is 32.2. The van der Waals surface area contributed by atoms with Crippen LogP contribution in [0.15, 0.2) is 11.2 Å². The Morgan fingerprint density at radius 2 is 2.36 bits per heavy atom. The second-order valence-corrected chi connectivity index (χ2v) is 4.58. The molecule has 1 aromatic heterocycles. The van der Waals surface area contributed by atoms with Gasteiger partial charge in [-0.2, -0.15) is 0 Å². The van der Waals surface area contributed by atoms with Crippen LogP contribution < -0.4 is 5.73 Å². The summed E-state index contributed by atoms with van der Waals surface area (Å²) in [5.74, 6) is 0.300. The van der Waals surface area contributed by atoms with Gasteiger partial charge in [0.15, 0.2) is 0 Å². The molecule has 1 rings (SSSR count). The average molecular weight is 213 g/mol. The largest absolute Gasteiger partial charge is 0.396 e. The quantitative estimate of drug-likeness (QED) is 0.581. The Bertz CT molecular complexity index is 306. The fraction of sp³-hybridized carbons (Fsp3) is 0.556. The third-order valence-electron chi connectivity index (χ3n) is 1.79. The van der Waals surface area contributed by atoms with E-state index >= 15 is 0 Å². The van der Waals surface area contributed by atoms with Gasteiger partial charge in [-0.25, -0.2) is 9.97 Å². The minimum atomic E-state index is 0.202. The summed E-state index contributed by atoms with van der Waals surface area (Å²) in [5, 5.41) is 10.0. The number of aromatic nitrogens is 2. The van der Waals surface area contributed by atoms with Crippen LogP contribution in [0, 0.1) is 6.92 Å². The van der Waals surface area contributed by atoms with Crippen molar-refractivity contribution in [1.29, 1.82) is 0 Å². The van der Waals surface area contributed by atoms with E-state index in [-0.39, 0.29) is 6.61 Å². The van der Waals surface area contributed by atoms with E-state index in [1.807, 2.05) is 6.92 Å². The smallest absolute Gasteiger partial charge is 0.221 e. The van der Waals surface area contributed by atoms with E-state index in [1.54, 1.807) is 18.0 Å². The predicted octanol–water partition coefficient (Wildman–Crippen LogP) is 1.23. The lowest BCUT2D eigenvalue weighted by Gasteiger charge is -2.10. The molecular weight excluding hydrogens is 198 g/mol. The van der Waals surface area contributed by atoms with Gasteiger partial charge in [0.25, 0.3) is 0 Å². The van der Waals surface area contributed by atoms with Crippen LogP contribution in [-0.4, -0.2) is 26.9 Å². The molecule has 0 amide bonds. The van der Waals surface area contributed by atoms with Crippen molar-refractivity contribution in [2.24, 2.45) is 0 Å². The second-order valence-electron chi connectivity index (χ2n) is 3.16. The maximum absolute atomic E-state index is 8.77. The summed E-state index contributed by atoms with van der Waals surface area (Å²) in [7, 11) is 0. The Hall–Kier alpha value is -0.810. The van der Waals surface area contributed by atoms with Gasteiger partial charge >= 0.3 is 0 Å². The number of nitrogens with zero attached hydrogens (tertiary/aromatic N) is 2. The van der Waals surface area contributed by atoms with Crippen LogP contribution in [0.3, 0.4) is 0 Å². The Kier molecular flexibility index (Phi) is 4.16. The summed E-state index contributed by atoms with van der Waals surface area (Å²) in [6.45, 7) is 4.21. The average Bonchev–Trinajstić information content (AvgIpc) is 2.12. The first kappa shape index (κ1) is 11.3. The second kappa shape index (κ2) is 5.17. The topological polar surface area (TPSA) is 72.0 Å². The monoisotopic (exact) mass is 213 g/mol. The van der Waals surface area contributed by atoms with Gasteiger partial charge in [-0.3, -0.25) is 0 Å². The van der Waals surface area contributed by atoms with Crippen LogP contribution in [0.4, 0.5) is 5.95 Å². The molecule has 0 bridgehead atoms. The first-order chi connectivity index (χ1) is 6.63. The molecule has 0 saturated heterocycles. The number of hydrogen-bond acceptors (Lipinski definition) is 5. The third-order valence-corrected chi connectivity index (χ3v) is 3.07. The van der Waals surface area contributed by atoms with Gasteiger partial charge in [-0.1, -0.05) is 6.92 Å². The van der Waals surface area contributed by atoms with Crippen LogP contribution in [0.5, 0.6) is 0 Å². The van der Waals surface area contributed by atoms with Gasteiger partial charge in [-0.05, 0) is 18.9 Å². The Morgan fingerprint density at radius 1 is 1.64 bits per heavy atom. The molecule has 78 valence electrons. The fourth-order valence-electron chi connectivity index (χ4n) is 0.990. The highest BCUT2D eigenvalue weighted by Crippen LogP contribution is 2.25. The molecule has 0 spiro atoms. The highest BCUT2D eigenvalue weighted by molar-refractivity contribution is 7.99. The van der Waals surface area contributed by atoms with Crippen molar-refractivity contribution in [1.82, 2.24) is 9.97 Å². The van der Waals surface area contributed by atoms with Crippen molar-refractivity contribution in [3.8, 4) is 0 Å². The first-order valence-electron chi connectivity index (χ1n) is 4.50. The summed E-state index contributed by atoms with van der Waals surface area (Å²) in [6, 6.07) is 0. The molecule has 0 aliphatic heterocycles. The predicted molar refractivity (Wildman–Crippen MR) is 58.2 cm³/mol. The Morgan fingerprint density at radius 3 is 3.00 bits per heavy atom. The van der Waals surface area contributed by atoms with Crippen LogP contribution in [0.25, 0.3) is 0 Å². The van der Waals surface area contributed by atoms with Crippen molar-refractivity contribution < 1.29 is 5.11 Å². The number of aryl methyl sites for hydroxylation is 1. The molecule has 0 aliphatic rings. The highest BCUT2D eigenvalue weighted by Gasteiger charge is 2.08. The first-order valence-corrected chi connectivity index (χ1v) is 5.38. The van der Waals surface area contributed by atoms with Crippen molar-refractivity contribution >= 4 is 17.7 Å². The summed E-state index contributed by atoms with van der Waals surface area (Å²) >= 11 is 1.62. The molecule has 0 fully saturated rings. The van der Waals surface area contributed by atoms with Crippen LogP contribution in [0.2, 0.25) is 0 Å². The molecule has 5 heteroatoms. The van der Waals surface area contributed by atoms with Gasteiger partial charge in [0.1, 0.15) is 5.03 Å². The van der Waals surface area contributed by atoms with Crippen LogP contribution >= 0.6 is 11.8 Å². The molecule has 1 aromatic rings. The number of nitrogen functional groups attached to an aromatic ring is 1. The number of nitrogens with two attached hydrogens (primary N) is 1. The van der Waals surface area contributed by atoms with Gasteiger partial charge in [0, 0.05) is 18.1 Å². The van der Waals surface area contributed by atoms with Crippen LogP contribution in [-0.2, 0) is 0 Å². The van der Waals surface area contributed by atoms with Crippen molar-refractivity contribution in [3.05, 3.63) is 11.8 Å². The number of thioether (sulfide) groups is 1. The van der Waals surface area contributed by atoms with E-state index in [0.29, 0.717) is 11.2 Å². The summed E-state index contributed by atoms with van der Waals surface area (Å²) in [6.07, 6.45) is 2.48. The fourth-order valence-corrected chi connectivity index (χ4v) is 1.98. The molecule has 1 unspecified atom stereocenters. The molecule has 0 saturated carbocycles. The third kappa shape index (κ3) is 3.16. The summed E-state index contributed by atoms with van der Waals surface area (Å²) in [4.78, 5) is 8.04. The lowest BCUT2D eigenvalue weighted by molar-refractivity contribution is 0.289. The zero-order chi connectivity index (χ0) is 10.6. The van der Waals surface area contributed by atoms with E-state index in [9.17, 15) is 0 Å². The standard InChI is InChI=1S/C9H15N3OS/c1-6-5-11-9(10)12-8(6)14-7(2)3-4-13/h5,7,13H,3-4H2,1-2H3,(H2,10,11,12). The minimum Gasteiger partial charge on any atom is -0.396 e. The summed E-state index contributed by atoms with van der Waals surface area (Å²) < 4.78 is 0. The molecule has 14 heavy (non-hydrogen) atoms. The molecule has 3 N–H and O–H groups in total. The van der Waals surface area contributed by atoms with E-state index < -0.39 is 0 Å². The van der Waals surface area contributed by atoms with Gasteiger partial charge in [0.05, 0.1) is 0 Å². The number of aliphatic hydroxyl groups is 1. The van der Waals surface area contributed by atoms with Crippen LogP contribution in [0.1, 0.15) is 18.9 Å². The van der Waals surface area contributed by atoms with Crippen molar-refractivity contribution in [2.45, 2.75) is 30.5 Å². The van der Waals surface area contributed by atoms with E-state index in [1.165, 1.54) is 0 Å². The molecular formula is C9H15N3OS. The Labute approximate surface area is 88.0 Å².